The lowest BCUT2D eigenvalue weighted by Gasteiger charge is -2.16. The molecule has 0 aliphatic carbocycles. The van der Waals surface area contributed by atoms with Crippen LogP contribution in [0.3, 0.4) is 0 Å². The number of benzene rings is 2. The molecule has 4 rings (SSSR count). The minimum absolute atomic E-state index is 0.0229. The van der Waals surface area contributed by atoms with E-state index in [9.17, 15) is 4.39 Å². The highest BCUT2D eigenvalue weighted by Crippen LogP contribution is 2.31. The van der Waals surface area contributed by atoms with Crippen LogP contribution in [0.2, 0.25) is 0 Å². The Bertz CT molecular complexity index is 1090. The fourth-order valence-electron chi connectivity index (χ4n) is 3.11. The van der Waals surface area contributed by atoms with Crippen LogP contribution in [0.5, 0.6) is 0 Å². The van der Waals surface area contributed by atoms with Crippen LogP contribution in [0.25, 0.3) is 22.6 Å². The van der Waals surface area contributed by atoms with Gasteiger partial charge in [-0.3, -0.25) is 0 Å². The Morgan fingerprint density at radius 3 is 2.43 bits per heavy atom. The zero-order valence-electron chi connectivity index (χ0n) is 15.7. The van der Waals surface area contributed by atoms with Crippen LogP contribution in [-0.2, 0) is 7.05 Å². The van der Waals surface area contributed by atoms with E-state index < -0.39 is 0 Å². The molecule has 6 heteroatoms. The number of nitrogens with one attached hydrogen (secondary N) is 1. The zero-order valence-corrected chi connectivity index (χ0v) is 15.7. The summed E-state index contributed by atoms with van der Waals surface area (Å²) in [5.74, 6) is 0.797. The second-order valence-electron chi connectivity index (χ2n) is 6.57. The third-order valence-corrected chi connectivity index (χ3v) is 4.63. The van der Waals surface area contributed by atoms with Crippen molar-refractivity contribution in [1.82, 2.24) is 19.5 Å². The van der Waals surface area contributed by atoms with Gasteiger partial charge in [-0.05, 0) is 18.6 Å². The SMILES string of the molecule is C[C@@H](Nc1ncc(-c2ccccc2F)c(-c2nccn2C)n1)c1ccccc1. The molecule has 0 unspecified atom stereocenters. The quantitative estimate of drug-likeness (QED) is 0.543. The van der Waals surface area contributed by atoms with E-state index in [0.717, 1.165) is 5.56 Å². The van der Waals surface area contributed by atoms with Crippen molar-refractivity contribution in [3.63, 3.8) is 0 Å². The number of rotatable bonds is 5. The van der Waals surface area contributed by atoms with Crippen molar-refractivity contribution >= 4 is 5.95 Å². The summed E-state index contributed by atoms with van der Waals surface area (Å²) in [6.07, 6.45) is 5.18. The molecule has 2 aromatic heterocycles. The van der Waals surface area contributed by atoms with Gasteiger partial charge >= 0.3 is 0 Å². The maximum atomic E-state index is 14.4. The Kier molecular flexibility index (Phi) is 4.85. The first-order valence-corrected chi connectivity index (χ1v) is 9.04. The maximum absolute atomic E-state index is 14.4. The lowest BCUT2D eigenvalue weighted by atomic mass is 10.0. The Morgan fingerprint density at radius 1 is 0.964 bits per heavy atom. The Hall–Kier alpha value is -3.54. The average Bonchev–Trinajstić information content (AvgIpc) is 3.15. The van der Waals surface area contributed by atoms with Gasteiger partial charge in [0.15, 0.2) is 5.82 Å². The van der Waals surface area contributed by atoms with Crippen LogP contribution in [0.1, 0.15) is 18.5 Å². The van der Waals surface area contributed by atoms with Crippen LogP contribution in [0.4, 0.5) is 10.3 Å². The molecular formula is C22H20FN5. The number of anilines is 1. The van der Waals surface area contributed by atoms with E-state index in [1.54, 1.807) is 30.6 Å². The number of imidazole rings is 1. The van der Waals surface area contributed by atoms with Gasteiger partial charge < -0.3 is 9.88 Å². The predicted molar refractivity (Wildman–Crippen MR) is 108 cm³/mol. The first-order chi connectivity index (χ1) is 13.6. The molecule has 0 aliphatic rings. The molecular weight excluding hydrogens is 353 g/mol. The number of aromatic nitrogens is 4. The number of aryl methyl sites for hydroxylation is 1. The third-order valence-electron chi connectivity index (χ3n) is 4.63. The Morgan fingerprint density at radius 2 is 1.71 bits per heavy atom. The molecule has 2 aromatic carbocycles. The van der Waals surface area contributed by atoms with Crippen molar-refractivity contribution < 1.29 is 4.39 Å². The number of hydrogen-bond acceptors (Lipinski definition) is 4. The van der Waals surface area contributed by atoms with Crippen LogP contribution in [0.15, 0.2) is 73.2 Å². The van der Waals surface area contributed by atoms with Crippen LogP contribution < -0.4 is 5.32 Å². The van der Waals surface area contributed by atoms with Gasteiger partial charge in [-0.15, -0.1) is 0 Å². The molecule has 0 saturated carbocycles. The molecule has 2 heterocycles. The average molecular weight is 373 g/mol. The number of halogens is 1. The monoisotopic (exact) mass is 373 g/mol. The van der Waals surface area contributed by atoms with Gasteiger partial charge in [0.2, 0.25) is 5.95 Å². The van der Waals surface area contributed by atoms with E-state index in [0.29, 0.717) is 28.6 Å². The molecule has 0 bridgehead atoms. The summed E-state index contributed by atoms with van der Waals surface area (Å²) in [6, 6.07) is 16.7. The minimum atomic E-state index is -0.320. The molecule has 1 N–H and O–H groups in total. The molecule has 0 radical (unpaired) electrons. The highest BCUT2D eigenvalue weighted by atomic mass is 19.1. The van der Waals surface area contributed by atoms with Gasteiger partial charge in [-0.1, -0.05) is 48.5 Å². The van der Waals surface area contributed by atoms with E-state index in [4.69, 9.17) is 0 Å². The Labute approximate surface area is 162 Å². The van der Waals surface area contributed by atoms with E-state index >= 15 is 0 Å². The molecule has 0 amide bonds. The second-order valence-corrected chi connectivity index (χ2v) is 6.57. The molecule has 0 saturated heterocycles. The van der Waals surface area contributed by atoms with Gasteiger partial charge in [0.25, 0.3) is 0 Å². The largest absolute Gasteiger partial charge is 0.348 e. The number of hydrogen-bond donors (Lipinski definition) is 1. The van der Waals surface area contributed by atoms with E-state index in [1.165, 1.54) is 6.07 Å². The van der Waals surface area contributed by atoms with E-state index in [1.807, 2.05) is 55.1 Å². The van der Waals surface area contributed by atoms with Gasteiger partial charge in [-0.25, -0.2) is 19.3 Å². The van der Waals surface area contributed by atoms with Crippen molar-refractivity contribution in [3.05, 3.63) is 84.6 Å². The summed E-state index contributed by atoms with van der Waals surface area (Å²) in [6.45, 7) is 2.05. The lowest BCUT2D eigenvalue weighted by molar-refractivity contribution is 0.631. The molecule has 0 spiro atoms. The summed E-state index contributed by atoms with van der Waals surface area (Å²) in [5, 5.41) is 3.32. The Balaban J connectivity index is 1.77. The highest BCUT2D eigenvalue weighted by Gasteiger charge is 2.18. The van der Waals surface area contributed by atoms with Gasteiger partial charge in [0.1, 0.15) is 11.5 Å². The molecule has 5 nitrogen and oxygen atoms in total. The summed E-state index contributed by atoms with van der Waals surface area (Å²) in [7, 11) is 1.88. The first kappa shape index (κ1) is 17.9. The number of nitrogens with zero attached hydrogens (tertiary/aromatic N) is 4. The molecule has 140 valence electrons. The summed E-state index contributed by atoms with van der Waals surface area (Å²) in [5.41, 5.74) is 2.76. The molecule has 1 atom stereocenters. The maximum Gasteiger partial charge on any atom is 0.223 e. The third kappa shape index (κ3) is 3.49. The van der Waals surface area contributed by atoms with Crippen molar-refractivity contribution in [3.8, 4) is 22.6 Å². The molecule has 0 fully saturated rings. The zero-order chi connectivity index (χ0) is 19.5. The highest BCUT2D eigenvalue weighted by molar-refractivity contribution is 5.78. The molecule has 0 aliphatic heterocycles. The topological polar surface area (TPSA) is 55.6 Å². The predicted octanol–water partition coefficient (Wildman–Crippen LogP) is 4.86. The van der Waals surface area contributed by atoms with Gasteiger partial charge in [0.05, 0.1) is 6.04 Å². The van der Waals surface area contributed by atoms with Gasteiger partial charge in [-0.2, -0.15) is 0 Å². The first-order valence-electron chi connectivity index (χ1n) is 9.04. The van der Waals surface area contributed by atoms with Crippen molar-refractivity contribution in [2.75, 3.05) is 5.32 Å². The second kappa shape index (κ2) is 7.60. The summed E-state index contributed by atoms with van der Waals surface area (Å²) >= 11 is 0. The standard InChI is InChI=1S/C22H20FN5/c1-15(16-8-4-3-5-9-16)26-22-25-14-18(17-10-6-7-11-19(17)23)20(27-22)21-24-12-13-28(21)2/h3-15H,1-2H3,(H,25,26,27)/t15-/m1/s1. The summed E-state index contributed by atoms with van der Waals surface area (Å²) in [4.78, 5) is 13.5. The molecule has 28 heavy (non-hydrogen) atoms. The van der Waals surface area contributed by atoms with Crippen molar-refractivity contribution in [1.29, 1.82) is 0 Å². The van der Waals surface area contributed by atoms with Crippen LogP contribution in [0, 0.1) is 5.82 Å². The normalized spacial score (nSPS) is 12.0. The smallest absolute Gasteiger partial charge is 0.223 e. The fourth-order valence-corrected chi connectivity index (χ4v) is 3.11. The van der Waals surface area contributed by atoms with Crippen molar-refractivity contribution in [2.24, 2.45) is 7.05 Å². The molecule has 4 aromatic rings. The van der Waals surface area contributed by atoms with E-state index in [-0.39, 0.29) is 11.9 Å². The fraction of sp³-hybridized carbons (Fsp3) is 0.136. The minimum Gasteiger partial charge on any atom is -0.348 e. The lowest BCUT2D eigenvalue weighted by Crippen LogP contribution is -2.10. The van der Waals surface area contributed by atoms with Crippen molar-refractivity contribution in [2.45, 2.75) is 13.0 Å². The summed E-state index contributed by atoms with van der Waals surface area (Å²) < 4.78 is 16.3. The van der Waals surface area contributed by atoms with Gasteiger partial charge in [0, 0.05) is 36.8 Å². The van der Waals surface area contributed by atoms with Crippen LogP contribution >= 0.6 is 0 Å². The van der Waals surface area contributed by atoms with Crippen LogP contribution in [-0.4, -0.2) is 19.5 Å². The van der Waals surface area contributed by atoms with E-state index in [2.05, 4.69) is 20.3 Å².